The number of anilines is 2. The molecular weight excluding hydrogens is 388 g/mol. The highest BCUT2D eigenvalue weighted by atomic mass is 16.6. The van der Waals surface area contributed by atoms with Crippen LogP contribution in [0.3, 0.4) is 0 Å². The highest BCUT2D eigenvalue weighted by Gasteiger charge is 2.23. The van der Waals surface area contributed by atoms with E-state index in [0.29, 0.717) is 43.3 Å². The molecule has 0 spiro atoms. The summed E-state index contributed by atoms with van der Waals surface area (Å²) in [5, 5.41) is 18.7. The van der Waals surface area contributed by atoms with Gasteiger partial charge in [0, 0.05) is 55.1 Å². The molecule has 1 aliphatic rings. The van der Waals surface area contributed by atoms with Gasteiger partial charge in [-0.15, -0.1) is 0 Å². The number of carbonyl (C=O) groups excluding carboxylic acids is 1. The summed E-state index contributed by atoms with van der Waals surface area (Å²) in [4.78, 5) is 31.9. The first-order chi connectivity index (χ1) is 14.4. The first kappa shape index (κ1) is 19.8. The third kappa shape index (κ3) is 4.08. The first-order valence-corrected chi connectivity index (χ1v) is 9.66. The van der Waals surface area contributed by atoms with Crippen LogP contribution in [0.25, 0.3) is 10.9 Å². The SMILES string of the molecule is Cc1cc(N2CCN(CC(=O)Nc3cc(C)on3)CC2)c2cccc([N+](=O)[O-])c2n1. The fourth-order valence-corrected chi connectivity index (χ4v) is 3.71. The molecule has 0 bridgehead atoms. The van der Waals surface area contributed by atoms with E-state index in [1.807, 2.05) is 19.1 Å². The van der Waals surface area contributed by atoms with Crippen molar-refractivity contribution < 1.29 is 14.2 Å². The molecule has 1 aliphatic heterocycles. The second-order valence-electron chi connectivity index (χ2n) is 7.35. The maximum absolute atomic E-state index is 12.2. The lowest BCUT2D eigenvalue weighted by atomic mass is 10.1. The van der Waals surface area contributed by atoms with Gasteiger partial charge in [-0.2, -0.15) is 0 Å². The Bertz CT molecular complexity index is 1100. The summed E-state index contributed by atoms with van der Waals surface area (Å²) in [6, 6.07) is 8.66. The largest absolute Gasteiger partial charge is 0.368 e. The predicted octanol–water partition coefficient (Wildman–Crippen LogP) is 2.51. The second-order valence-corrected chi connectivity index (χ2v) is 7.35. The predicted molar refractivity (Wildman–Crippen MR) is 112 cm³/mol. The van der Waals surface area contributed by atoms with Crippen molar-refractivity contribution in [3.63, 3.8) is 0 Å². The lowest BCUT2D eigenvalue weighted by Crippen LogP contribution is -2.48. The van der Waals surface area contributed by atoms with Gasteiger partial charge in [0.15, 0.2) is 11.3 Å². The van der Waals surface area contributed by atoms with Crippen molar-refractivity contribution in [1.82, 2.24) is 15.0 Å². The highest BCUT2D eigenvalue weighted by molar-refractivity contribution is 5.97. The van der Waals surface area contributed by atoms with E-state index in [2.05, 4.69) is 25.3 Å². The van der Waals surface area contributed by atoms with Crippen molar-refractivity contribution in [2.45, 2.75) is 13.8 Å². The average molecular weight is 410 g/mol. The first-order valence-electron chi connectivity index (χ1n) is 9.66. The van der Waals surface area contributed by atoms with E-state index in [-0.39, 0.29) is 18.1 Å². The van der Waals surface area contributed by atoms with Crippen molar-refractivity contribution in [2.24, 2.45) is 0 Å². The zero-order valence-electron chi connectivity index (χ0n) is 16.8. The number of non-ortho nitro benzene ring substituents is 1. The Morgan fingerprint density at radius 1 is 1.23 bits per heavy atom. The van der Waals surface area contributed by atoms with Gasteiger partial charge in [-0.1, -0.05) is 17.3 Å². The summed E-state index contributed by atoms with van der Waals surface area (Å²) in [5.74, 6) is 0.910. The minimum atomic E-state index is -0.397. The lowest BCUT2D eigenvalue weighted by Gasteiger charge is -2.36. The molecule has 10 heteroatoms. The van der Waals surface area contributed by atoms with Crippen LogP contribution in [0.5, 0.6) is 0 Å². The number of piperazine rings is 1. The number of amides is 1. The quantitative estimate of drug-likeness (QED) is 0.504. The molecule has 3 heterocycles. The van der Waals surface area contributed by atoms with Crippen LogP contribution in [-0.2, 0) is 4.79 Å². The molecule has 10 nitrogen and oxygen atoms in total. The fraction of sp³-hybridized carbons (Fsp3) is 0.350. The summed E-state index contributed by atoms with van der Waals surface area (Å²) in [6.07, 6.45) is 0. The van der Waals surface area contributed by atoms with E-state index in [9.17, 15) is 14.9 Å². The highest BCUT2D eigenvalue weighted by Crippen LogP contribution is 2.32. The molecular formula is C20H22N6O4. The number of aromatic nitrogens is 2. The molecule has 0 atom stereocenters. The Hall–Kier alpha value is -3.53. The number of nitro groups is 1. The number of aryl methyl sites for hydroxylation is 2. The minimum absolute atomic E-state index is 0.0100. The molecule has 1 aromatic carbocycles. The summed E-state index contributed by atoms with van der Waals surface area (Å²) in [5.41, 5.74) is 2.08. The molecule has 1 fully saturated rings. The van der Waals surface area contributed by atoms with Crippen molar-refractivity contribution in [3.05, 3.63) is 51.9 Å². The van der Waals surface area contributed by atoms with Gasteiger partial charge in [0.25, 0.3) is 5.69 Å². The Kier molecular flexibility index (Phi) is 5.32. The van der Waals surface area contributed by atoms with Crippen molar-refractivity contribution in [1.29, 1.82) is 0 Å². The minimum Gasteiger partial charge on any atom is -0.368 e. The summed E-state index contributed by atoms with van der Waals surface area (Å²) in [6.45, 7) is 6.68. The smallest absolute Gasteiger partial charge is 0.295 e. The van der Waals surface area contributed by atoms with Gasteiger partial charge in [0.1, 0.15) is 5.76 Å². The van der Waals surface area contributed by atoms with Crippen molar-refractivity contribution >= 4 is 34.0 Å². The number of pyridine rings is 1. The van der Waals surface area contributed by atoms with Gasteiger partial charge in [0.05, 0.1) is 11.5 Å². The Labute approximate surface area is 172 Å². The van der Waals surface area contributed by atoms with Crippen LogP contribution in [-0.4, -0.2) is 58.6 Å². The number of hydrogen-bond acceptors (Lipinski definition) is 8. The normalized spacial score (nSPS) is 14.8. The maximum atomic E-state index is 12.2. The van der Waals surface area contributed by atoms with Crippen LogP contribution < -0.4 is 10.2 Å². The van der Waals surface area contributed by atoms with Gasteiger partial charge in [-0.3, -0.25) is 19.8 Å². The number of benzene rings is 1. The average Bonchev–Trinajstić information content (AvgIpc) is 3.11. The second kappa shape index (κ2) is 8.07. The van der Waals surface area contributed by atoms with E-state index in [1.165, 1.54) is 6.07 Å². The molecule has 156 valence electrons. The Balaban J connectivity index is 1.45. The third-order valence-electron chi connectivity index (χ3n) is 5.10. The number of nitro benzene ring substituents is 1. The number of nitrogens with zero attached hydrogens (tertiary/aromatic N) is 5. The molecule has 0 saturated carbocycles. The van der Waals surface area contributed by atoms with Crippen LogP contribution in [0.4, 0.5) is 17.2 Å². The van der Waals surface area contributed by atoms with E-state index in [4.69, 9.17) is 4.52 Å². The van der Waals surface area contributed by atoms with Crippen LogP contribution in [0.2, 0.25) is 0 Å². The monoisotopic (exact) mass is 410 g/mol. The number of fused-ring (bicyclic) bond motifs is 1. The Morgan fingerprint density at radius 2 is 2.00 bits per heavy atom. The number of rotatable bonds is 5. The number of nitrogens with one attached hydrogen (secondary N) is 1. The topological polar surface area (TPSA) is 118 Å². The van der Waals surface area contributed by atoms with Gasteiger partial charge >= 0.3 is 0 Å². The zero-order valence-corrected chi connectivity index (χ0v) is 16.8. The summed E-state index contributed by atoms with van der Waals surface area (Å²) >= 11 is 0. The molecule has 1 amide bonds. The van der Waals surface area contributed by atoms with Crippen LogP contribution in [0.15, 0.2) is 34.9 Å². The molecule has 2 aromatic heterocycles. The molecule has 1 saturated heterocycles. The van der Waals surface area contributed by atoms with E-state index in [1.54, 1.807) is 19.1 Å². The number of carbonyl (C=O) groups is 1. The molecule has 3 aromatic rings. The summed E-state index contributed by atoms with van der Waals surface area (Å²) in [7, 11) is 0. The number of para-hydroxylation sites is 1. The van der Waals surface area contributed by atoms with Crippen LogP contribution in [0.1, 0.15) is 11.5 Å². The lowest BCUT2D eigenvalue weighted by molar-refractivity contribution is -0.383. The van der Waals surface area contributed by atoms with Crippen LogP contribution >= 0.6 is 0 Å². The van der Waals surface area contributed by atoms with E-state index >= 15 is 0 Å². The third-order valence-corrected chi connectivity index (χ3v) is 5.10. The molecule has 4 rings (SSSR count). The van der Waals surface area contributed by atoms with Gasteiger partial charge < -0.3 is 14.7 Å². The number of hydrogen-bond donors (Lipinski definition) is 1. The Morgan fingerprint density at radius 3 is 2.67 bits per heavy atom. The van der Waals surface area contributed by atoms with Crippen molar-refractivity contribution in [2.75, 3.05) is 42.9 Å². The zero-order chi connectivity index (χ0) is 21.3. The van der Waals surface area contributed by atoms with Crippen molar-refractivity contribution in [3.8, 4) is 0 Å². The fourth-order valence-electron chi connectivity index (χ4n) is 3.71. The van der Waals surface area contributed by atoms with Gasteiger partial charge in [-0.25, -0.2) is 4.98 Å². The molecule has 0 aliphatic carbocycles. The standard InChI is InChI=1S/C20H22N6O4/c1-13-10-17(15-4-3-5-16(26(28)29)20(15)21-13)25-8-6-24(7-9-25)12-19(27)22-18-11-14(2)30-23-18/h3-5,10-11H,6-9,12H2,1-2H3,(H,22,23,27). The van der Waals surface area contributed by atoms with Gasteiger partial charge in [-0.05, 0) is 19.9 Å². The van der Waals surface area contributed by atoms with Crippen LogP contribution in [0, 0.1) is 24.0 Å². The maximum Gasteiger partial charge on any atom is 0.295 e. The summed E-state index contributed by atoms with van der Waals surface area (Å²) < 4.78 is 4.95. The molecule has 1 N–H and O–H groups in total. The molecule has 0 unspecified atom stereocenters. The van der Waals surface area contributed by atoms with E-state index < -0.39 is 4.92 Å². The van der Waals surface area contributed by atoms with Gasteiger partial charge in [0.2, 0.25) is 5.91 Å². The van der Waals surface area contributed by atoms with E-state index in [0.717, 1.165) is 16.8 Å². The molecule has 0 radical (unpaired) electrons. The molecule has 30 heavy (non-hydrogen) atoms.